The topological polar surface area (TPSA) is 49.3 Å². The maximum Gasteiger partial charge on any atom is 0.228 e. The fraction of sp³-hybridized carbons (Fsp3) is 0.875. The van der Waals surface area contributed by atoms with Gasteiger partial charge in [0, 0.05) is 6.54 Å². The third kappa shape index (κ3) is 1.38. The minimum Gasteiger partial charge on any atom is -0.395 e. The van der Waals surface area contributed by atoms with Gasteiger partial charge in [-0.05, 0) is 12.8 Å². The van der Waals surface area contributed by atoms with E-state index in [4.69, 9.17) is 5.11 Å². The molecule has 0 spiro atoms. The lowest BCUT2D eigenvalue weighted by molar-refractivity contribution is -0.130. The molecule has 0 aromatic heterocycles. The first kappa shape index (κ1) is 8.53. The predicted octanol–water partition coefficient (Wildman–Crippen LogP) is 0.285. The molecule has 11 heavy (non-hydrogen) atoms. The Morgan fingerprint density at radius 2 is 2.45 bits per heavy atom. The van der Waals surface area contributed by atoms with Gasteiger partial charge >= 0.3 is 0 Å². The zero-order valence-electron chi connectivity index (χ0n) is 6.89. The van der Waals surface area contributed by atoms with E-state index in [1.165, 1.54) is 0 Å². The summed E-state index contributed by atoms with van der Waals surface area (Å²) in [5, 5.41) is 11.8. The van der Waals surface area contributed by atoms with Crippen LogP contribution in [-0.4, -0.2) is 24.2 Å². The summed E-state index contributed by atoms with van der Waals surface area (Å²) in [4.78, 5) is 11.2. The molecule has 1 fully saturated rings. The third-order valence-corrected chi connectivity index (χ3v) is 2.40. The fourth-order valence-electron chi connectivity index (χ4n) is 1.66. The van der Waals surface area contributed by atoms with Gasteiger partial charge in [0.15, 0.2) is 0 Å². The highest BCUT2D eigenvalue weighted by molar-refractivity contribution is 5.84. The lowest BCUT2D eigenvalue weighted by Gasteiger charge is -2.21. The molecule has 3 nitrogen and oxygen atoms in total. The van der Waals surface area contributed by atoms with Gasteiger partial charge in [0.1, 0.15) is 0 Å². The van der Waals surface area contributed by atoms with Gasteiger partial charge in [0.25, 0.3) is 0 Å². The van der Waals surface area contributed by atoms with Gasteiger partial charge in [-0.1, -0.05) is 13.3 Å². The lowest BCUT2D eigenvalue weighted by Crippen LogP contribution is -2.34. The molecular weight excluding hydrogens is 142 g/mol. The molecule has 1 atom stereocenters. The Kier molecular flexibility index (Phi) is 2.49. The van der Waals surface area contributed by atoms with Gasteiger partial charge in [0.2, 0.25) is 5.91 Å². The maximum absolute atomic E-state index is 11.2. The molecule has 0 saturated carbocycles. The number of amides is 1. The summed E-state index contributed by atoms with van der Waals surface area (Å²) in [6.45, 7) is 2.75. The molecular formula is C8H15NO2. The summed E-state index contributed by atoms with van der Waals surface area (Å²) in [6.07, 6.45) is 2.54. The Balaban J connectivity index is 2.65. The summed E-state index contributed by atoms with van der Waals surface area (Å²) < 4.78 is 0. The SMILES string of the molecule is CCCC1(CO)CCNC1=O. The van der Waals surface area contributed by atoms with Crippen molar-refractivity contribution in [1.82, 2.24) is 5.32 Å². The Morgan fingerprint density at radius 3 is 2.82 bits per heavy atom. The molecule has 1 aliphatic heterocycles. The Labute approximate surface area is 66.8 Å². The number of hydrogen-bond acceptors (Lipinski definition) is 2. The van der Waals surface area contributed by atoms with Crippen LogP contribution in [0.1, 0.15) is 26.2 Å². The highest BCUT2D eigenvalue weighted by atomic mass is 16.3. The molecule has 1 amide bonds. The van der Waals surface area contributed by atoms with Gasteiger partial charge in [0.05, 0.1) is 12.0 Å². The van der Waals surface area contributed by atoms with Crippen LogP contribution >= 0.6 is 0 Å². The second kappa shape index (κ2) is 3.22. The van der Waals surface area contributed by atoms with Crippen molar-refractivity contribution >= 4 is 5.91 Å². The molecule has 0 radical (unpaired) electrons. The summed E-state index contributed by atoms with van der Waals surface area (Å²) in [5.41, 5.74) is -0.450. The average Bonchev–Trinajstić information content (AvgIpc) is 2.35. The summed E-state index contributed by atoms with van der Waals surface area (Å²) in [6, 6.07) is 0. The summed E-state index contributed by atoms with van der Waals surface area (Å²) in [5.74, 6) is 0.0295. The first-order valence-electron chi connectivity index (χ1n) is 4.14. The molecule has 0 aromatic carbocycles. The summed E-state index contributed by atoms with van der Waals surface area (Å²) >= 11 is 0. The van der Waals surface area contributed by atoms with Crippen LogP contribution in [-0.2, 0) is 4.79 Å². The van der Waals surface area contributed by atoms with E-state index in [-0.39, 0.29) is 12.5 Å². The standard InChI is InChI=1S/C8H15NO2/c1-2-3-8(6-10)4-5-9-7(8)11/h10H,2-6H2,1H3,(H,9,11). The molecule has 1 unspecified atom stereocenters. The van der Waals surface area contributed by atoms with Crippen molar-refractivity contribution in [2.45, 2.75) is 26.2 Å². The van der Waals surface area contributed by atoms with Crippen LogP contribution in [0.2, 0.25) is 0 Å². The Bertz CT molecular complexity index is 158. The number of rotatable bonds is 3. The molecule has 3 heteroatoms. The van der Waals surface area contributed by atoms with Crippen LogP contribution < -0.4 is 5.32 Å². The van der Waals surface area contributed by atoms with Crippen LogP contribution in [0, 0.1) is 5.41 Å². The maximum atomic E-state index is 11.2. The van der Waals surface area contributed by atoms with Gasteiger partial charge in [-0.15, -0.1) is 0 Å². The van der Waals surface area contributed by atoms with E-state index in [0.717, 1.165) is 25.8 Å². The van der Waals surface area contributed by atoms with Crippen molar-refractivity contribution < 1.29 is 9.90 Å². The average molecular weight is 157 g/mol. The molecule has 1 saturated heterocycles. The largest absolute Gasteiger partial charge is 0.395 e. The highest BCUT2D eigenvalue weighted by Gasteiger charge is 2.40. The zero-order valence-corrected chi connectivity index (χ0v) is 6.89. The number of aliphatic hydroxyl groups is 1. The van der Waals surface area contributed by atoms with Crippen LogP contribution in [0.25, 0.3) is 0 Å². The van der Waals surface area contributed by atoms with E-state index in [0.29, 0.717) is 0 Å². The Morgan fingerprint density at radius 1 is 1.73 bits per heavy atom. The molecule has 0 aromatic rings. The molecule has 0 aliphatic carbocycles. The van der Waals surface area contributed by atoms with E-state index in [2.05, 4.69) is 5.32 Å². The van der Waals surface area contributed by atoms with Crippen molar-refractivity contribution in [2.75, 3.05) is 13.2 Å². The number of nitrogens with one attached hydrogen (secondary N) is 1. The van der Waals surface area contributed by atoms with Crippen molar-refractivity contribution in [3.05, 3.63) is 0 Å². The molecule has 64 valence electrons. The zero-order chi connectivity index (χ0) is 8.32. The summed E-state index contributed by atoms with van der Waals surface area (Å²) in [7, 11) is 0. The van der Waals surface area contributed by atoms with Gasteiger partial charge < -0.3 is 10.4 Å². The number of aliphatic hydroxyl groups excluding tert-OH is 1. The normalized spacial score (nSPS) is 30.5. The van der Waals surface area contributed by atoms with E-state index in [1.54, 1.807) is 0 Å². The van der Waals surface area contributed by atoms with E-state index < -0.39 is 5.41 Å². The smallest absolute Gasteiger partial charge is 0.228 e. The van der Waals surface area contributed by atoms with Crippen LogP contribution in [0.5, 0.6) is 0 Å². The molecule has 1 heterocycles. The highest BCUT2D eigenvalue weighted by Crippen LogP contribution is 2.31. The van der Waals surface area contributed by atoms with Crippen LogP contribution in [0.3, 0.4) is 0 Å². The quantitative estimate of drug-likeness (QED) is 0.618. The van der Waals surface area contributed by atoms with Gasteiger partial charge in [-0.2, -0.15) is 0 Å². The van der Waals surface area contributed by atoms with Crippen LogP contribution in [0.15, 0.2) is 0 Å². The number of carbonyl (C=O) groups excluding carboxylic acids is 1. The van der Waals surface area contributed by atoms with Gasteiger partial charge in [-0.25, -0.2) is 0 Å². The van der Waals surface area contributed by atoms with E-state index in [9.17, 15) is 4.79 Å². The third-order valence-electron chi connectivity index (χ3n) is 2.40. The monoisotopic (exact) mass is 157 g/mol. The van der Waals surface area contributed by atoms with Crippen molar-refractivity contribution in [2.24, 2.45) is 5.41 Å². The van der Waals surface area contributed by atoms with Gasteiger partial charge in [-0.3, -0.25) is 4.79 Å². The number of hydrogen-bond donors (Lipinski definition) is 2. The first-order valence-corrected chi connectivity index (χ1v) is 4.14. The van der Waals surface area contributed by atoms with E-state index >= 15 is 0 Å². The molecule has 1 rings (SSSR count). The molecule has 1 aliphatic rings. The van der Waals surface area contributed by atoms with E-state index in [1.807, 2.05) is 6.92 Å². The first-order chi connectivity index (χ1) is 5.25. The lowest BCUT2D eigenvalue weighted by atomic mass is 9.83. The van der Waals surface area contributed by atoms with Crippen molar-refractivity contribution in [3.8, 4) is 0 Å². The number of carbonyl (C=O) groups is 1. The fourth-order valence-corrected chi connectivity index (χ4v) is 1.66. The molecule has 0 bridgehead atoms. The minimum atomic E-state index is -0.450. The molecule has 2 N–H and O–H groups in total. The second-order valence-electron chi connectivity index (χ2n) is 3.19. The Hall–Kier alpha value is -0.570. The minimum absolute atomic E-state index is 0.00727. The predicted molar refractivity (Wildman–Crippen MR) is 42.1 cm³/mol. The van der Waals surface area contributed by atoms with Crippen LogP contribution in [0.4, 0.5) is 0 Å². The second-order valence-corrected chi connectivity index (χ2v) is 3.19. The van der Waals surface area contributed by atoms with Crippen molar-refractivity contribution in [3.63, 3.8) is 0 Å². The van der Waals surface area contributed by atoms with Crippen molar-refractivity contribution in [1.29, 1.82) is 0 Å².